The molecular formula is C14H13F3N2O2. The third-order valence-electron chi connectivity index (χ3n) is 2.97. The molecule has 112 valence electrons. The zero-order valence-electron chi connectivity index (χ0n) is 11.2. The molecule has 0 unspecified atom stereocenters. The third-order valence-corrected chi connectivity index (χ3v) is 2.97. The number of carboxylic acid groups (broad SMARTS) is 1. The zero-order valence-corrected chi connectivity index (χ0v) is 11.2. The second-order valence-corrected chi connectivity index (χ2v) is 4.66. The summed E-state index contributed by atoms with van der Waals surface area (Å²) in [6.45, 7) is 1.77. The first-order chi connectivity index (χ1) is 9.79. The van der Waals surface area contributed by atoms with Gasteiger partial charge in [0.15, 0.2) is 5.69 Å². The number of rotatable bonds is 4. The molecule has 1 N–H and O–H groups in total. The number of carboxylic acids is 1. The van der Waals surface area contributed by atoms with Gasteiger partial charge in [0.05, 0.1) is 11.9 Å². The highest BCUT2D eigenvalue weighted by atomic mass is 19.4. The van der Waals surface area contributed by atoms with Crippen LogP contribution in [0, 0.1) is 6.92 Å². The van der Waals surface area contributed by atoms with E-state index in [4.69, 9.17) is 5.11 Å². The number of hydrogen-bond acceptors (Lipinski definition) is 2. The Balaban J connectivity index is 2.49. The molecule has 0 amide bonds. The molecule has 0 saturated heterocycles. The van der Waals surface area contributed by atoms with Gasteiger partial charge in [-0.05, 0) is 31.0 Å². The Morgan fingerprint density at radius 1 is 1.38 bits per heavy atom. The average molecular weight is 298 g/mol. The van der Waals surface area contributed by atoms with Gasteiger partial charge in [-0.1, -0.05) is 12.1 Å². The van der Waals surface area contributed by atoms with Crippen LogP contribution in [0.25, 0.3) is 5.69 Å². The normalized spacial score (nSPS) is 11.6. The topological polar surface area (TPSA) is 55.1 Å². The maximum atomic E-state index is 13.2. The van der Waals surface area contributed by atoms with Gasteiger partial charge in [0.25, 0.3) is 0 Å². The van der Waals surface area contributed by atoms with Crippen molar-refractivity contribution in [2.24, 2.45) is 0 Å². The van der Waals surface area contributed by atoms with Crippen LogP contribution in [0.3, 0.4) is 0 Å². The molecule has 0 aliphatic carbocycles. The van der Waals surface area contributed by atoms with Gasteiger partial charge in [0.2, 0.25) is 0 Å². The summed E-state index contributed by atoms with van der Waals surface area (Å²) in [5.41, 5.74) is 0.0628. The molecule has 1 aromatic heterocycles. The molecule has 21 heavy (non-hydrogen) atoms. The van der Waals surface area contributed by atoms with Gasteiger partial charge in [-0.3, -0.25) is 4.79 Å². The molecule has 7 heteroatoms. The van der Waals surface area contributed by atoms with Crippen molar-refractivity contribution >= 4 is 5.97 Å². The number of alkyl halides is 3. The van der Waals surface area contributed by atoms with Crippen molar-refractivity contribution in [2.45, 2.75) is 25.9 Å². The van der Waals surface area contributed by atoms with Crippen molar-refractivity contribution < 1.29 is 23.1 Å². The Morgan fingerprint density at radius 3 is 2.67 bits per heavy atom. The number of benzene rings is 1. The van der Waals surface area contributed by atoms with Gasteiger partial charge >= 0.3 is 12.1 Å². The van der Waals surface area contributed by atoms with E-state index in [1.165, 1.54) is 6.07 Å². The Labute approximate surface area is 118 Å². The van der Waals surface area contributed by atoms with Crippen molar-refractivity contribution in [3.63, 3.8) is 0 Å². The van der Waals surface area contributed by atoms with E-state index in [0.717, 1.165) is 16.4 Å². The van der Waals surface area contributed by atoms with Gasteiger partial charge in [-0.2, -0.15) is 18.3 Å². The molecule has 0 radical (unpaired) electrons. The largest absolute Gasteiger partial charge is 0.481 e. The SMILES string of the molecule is Cc1cccc(-n2ncc(CCC(=O)O)c2C(F)(F)F)c1. The predicted octanol–water partition coefficient (Wildman–Crippen LogP) is 3.22. The van der Waals surface area contributed by atoms with Crippen LogP contribution in [0.15, 0.2) is 30.5 Å². The lowest BCUT2D eigenvalue weighted by Crippen LogP contribution is -2.16. The second-order valence-electron chi connectivity index (χ2n) is 4.66. The minimum absolute atomic E-state index is 0.119. The molecule has 2 aromatic rings. The van der Waals surface area contributed by atoms with E-state index in [1.54, 1.807) is 25.1 Å². The highest BCUT2D eigenvalue weighted by molar-refractivity contribution is 5.67. The smallest absolute Gasteiger partial charge is 0.433 e. The Hall–Kier alpha value is -2.31. The highest BCUT2D eigenvalue weighted by Crippen LogP contribution is 2.34. The number of carbonyl (C=O) groups is 1. The number of aryl methyl sites for hydroxylation is 2. The number of aromatic nitrogens is 2. The maximum Gasteiger partial charge on any atom is 0.433 e. The van der Waals surface area contributed by atoms with E-state index in [-0.39, 0.29) is 18.4 Å². The molecule has 0 fully saturated rings. The molecule has 0 spiro atoms. The fourth-order valence-electron chi connectivity index (χ4n) is 2.06. The quantitative estimate of drug-likeness (QED) is 0.943. The van der Waals surface area contributed by atoms with Crippen LogP contribution in [0.4, 0.5) is 13.2 Å². The molecular weight excluding hydrogens is 285 g/mol. The van der Waals surface area contributed by atoms with Gasteiger partial charge < -0.3 is 5.11 Å². The van der Waals surface area contributed by atoms with Crippen LogP contribution in [0.5, 0.6) is 0 Å². The molecule has 0 atom stereocenters. The molecule has 1 aromatic carbocycles. The summed E-state index contributed by atoms with van der Waals surface area (Å²) in [4.78, 5) is 10.5. The Kier molecular flexibility index (Phi) is 4.02. The summed E-state index contributed by atoms with van der Waals surface area (Å²) in [5, 5.41) is 12.4. The number of aliphatic carboxylic acids is 1. The summed E-state index contributed by atoms with van der Waals surface area (Å²) >= 11 is 0. The van der Waals surface area contributed by atoms with Crippen LogP contribution < -0.4 is 0 Å². The van der Waals surface area contributed by atoms with Gasteiger partial charge in [-0.25, -0.2) is 4.68 Å². The molecule has 4 nitrogen and oxygen atoms in total. The zero-order chi connectivity index (χ0) is 15.6. The van der Waals surface area contributed by atoms with E-state index in [9.17, 15) is 18.0 Å². The minimum atomic E-state index is -4.60. The Morgan fingerprint density at radius 2 is 2.10 bits per heavy atom. The molecule has 0 saturated carbocycles. The summed E-state index contributed by atoms with van der Waals surface area (Å²) in [6.07, 6.45) is -4.11. The van der Waals surface area contributed by atoms with E-state index in [1.807, 2.05) is 0 Å². The van der Waals surface area contributed by atoms with Crippen LogP contribution in [0.1, 0.15) is 23.2 Å². The minimum Gasteiger partial charge on any atom is -0.481 e. The molecule has 0 aliphatic heterocycles. The van der Waals surface area contributed by atoms with E-state index in [0.29, 0.717) is 5.69 Å². The number of nitrogens with zero attached hydrogens (tertiary/aromatic N) is 2. The average Bonchev–Trinajstić information content (AvgIpc) is 2.80. The predicted molar refractivity (Wildman–Crippen MR) is 69.3 cm³/mol. The van der Waals surface area contributed by atoms with Crippen molar-refractivity contribution in [2.75, 3.05) is 0 Å². The second kappa shape index (κ2) is 5.59. The molecule has 0 aliphatic rings. The van der Waals surface area contributed by atoms with Crippen molar-refractivity contribution in [3.05, 3.63) is 47.3 Å². The Bertz CT molecular complexity index is 662. The molecule has 0 bridgehead atoms. The van der Waals surface area contributed by atoms with Crippen molar-refractivity contribution in [1.82, 2.24) is 9.78 Å². The summed E-state index contributed by atoms with van der Waals surface area (Å²) in [7, 11) is 0. The van der Waals surface area contributed by atoms with E-state index >= 15 is 0 Å². The summed E-state index contributed by atoms with van der Waals surface area (Å²) in [6, 6.07) is 6.52. The van der Waals surface area contributed by atoms with E-state index < -0.39 is 17.8 Å². The van der Waals surface area contributed by atoms with Gasteiger partial charge in [0.1, 0.15) is 0 Å². The lowest BCUT2D eigenvalue weighted by molar-refractivity contribution is -0.144. The van der Waals surface area contributed by atoms with Crippen LogP contribution in [0.2, 0.25) is 0 Å². The van der Waals surface area contributed by atoms with Crippen molar-refractivity contribution in [3.8, 4) is 5.69 Å². The van der Waals surface area contributed by atoms with Gasteiger partial charge in [0, 0.05) is 12.0 Å². The summed E-state index contributed by atoms with van der Waals surface area (Å²) < 4.78 is 40.5. The number of halogens is 3. The lowest BCUT2D eigenvalue weighted by Gasteiger charge is -2.13. The van der Waals surface area contributed by atoms with Crippen LogP contribution >= 0.6 is 0 Å². The van der Waals surface area contributed by atoms with Crippen LogP contribution in [-0.4, -0.2) is 20.9 Å². The van der Waals surface area contributed by atoms with Gasteiger partial charge in [-0.15, -0.1) is 0 Å². The first-order valence-electron chi connectivity index (χ1n) is 6.22. The monoisotopic (exact) mass is 298 g/mol. The van der Waals surface area contributed by atoms with Crippen molar-refractivity contribution in [1.29, 1.82) is 0 Å². The highest BCUT2D eigenvalue weighted by Gasteiger charge is 2.38. The van der Waals surface area contributed by atoms with E-state index in [2.05, 4.69) is 5.10 Å². The molecule has 2 rings (SSSR count). The lowest BCUT2D eigenvalue weighted by atomic mass is 10.1. The fraction of sp³-hybridized carbons (Fsp3) is 0.286. The number of hydrogen-bond donors (Lipinski definition) is 1. The van der Waals surface area contributed by atoms with Crippen LogP contribution in [-0.2, 0) is 17.4 Å². The molecule has 1 heterocycles. The fourth-order valence-corrected chi connectivity index (χ4v) is 2.06. The standard InChI is InChI=1S/C14H13F3N2O2/c1-9-3-2-4-11(7-9)19-13(14(15,16)17)10(8-18-19)5-6-12(20)21/h2-4,7-8H,5-6H2,1H3,(H,20,21). The maximum absolute atomic E-state index is 13.2. The first kappa shape index (κ1) is 15.1. The summed E-state index contributed by atoms with van der Waals surface area (Å²) in [5.74, 6) is -1.15. The third kappa shape index (κ3) is 3.42. The first-order valence-corrected chi connectivity index (χ1v) is 6.22.